The molecule has 3 aromatic carbocycles. The van der Waals surface area contributed by atoms with Gasteiger partial charge in [0.2, 0.25) is 0 Å². The maximum absolute atomic E-state index is 13.0. The second kappa shape index (κ2) is 10.4. The number of hydrogen-bond acceptors (Lipinski definition) is 4. The van der Waals surface area contributed by atoms with E-state index in [0.717, 1.165) is 0 Å². The van der Waals surface area contributed by atoms with E-state index in [1.165, 1.54) is 25.3 Å². The number of hydrogen-bond donors (Lipinski definition) is 3. The molecule has 0 unspecified atom stereocenters. The van der Waals surface area contributed by atoms with Crippen LogP contribution in [0.4, 0.5) is 11.4 Å². The Balaban J connectivity index is 2.02. The number of rotatable bonds is 6. The summed E-state index contributed by atoms with van der Waals surface area (Å²) in [5.74, 6) is -1.60. The first kappa shape index (κ1) is 23.5. The number of benzene rings is 3. The number of anilines is 2. The van der Waals surface area contributed by atoms with Gasteiger partial charge in [0.25, 0.3) is 11.8 Å². The van der Waals surface area contributed by atoms with Crippen LogP contribution in [-0.2, 0) is 9.59 Å². The number of phenols is 1. The Kier molecular flexibility index (Phi) is 7.64. The summed E-state index contributed by atoms with van der Waals surface area (Å²) in [6, 6.07) is 16.1. The highest BCUT2D eigenvalue weighted by Crippen LogP contribution is 2.35. The van der Waals surface area contributed by atoms with Crippen LogP contribution in [0.1, 0.15) is 5.56 Å². The van der Waals surface area contributed by atoms with Crippen LogP contribution in [0.25, 0.3) is 6.08 Å². The maximum atomic E-state index is 13.0. The third-order valence-corrected chi connectivity index (χ3v) is 5.26. The molecule has 2 amide bonds. The number of carbonyl (C=O) groups excluding carboxylic acids is 2. The summed E-state index contributed by atoms with van der Waals surface area (Å²) in [4.78, 5) is 26.1. The number of halogens is 3. The fraction of sp³-hybridized carbons (Fsp3) is 0.0435. The summed E-state index contributed by atoms with van der Waals surface area (Å²) in [5, 5.41) is 15.8. The summed E-state index contributed by atoms with van der Waals surface area (Å²) in [6.45, 7) is 0. The quantitative estimate of drug-likeness (QED) is 0.223. The molecule has 32 heavy (non-hydrogen) atoms. The molecule has 0 saturated heterocycles. The van der Waals surface area contributed by atoms with E-state index in [-0.39, 0.29) is 22.1 Å². The normalized spacial score (nSPS) is 10.2. The summed E-state index contributed by atoms with van der Waals surface area (Å²) >= 11 is 18.3. The second-order valence-corrected chi connectivity index (χ2v) is 7.70. The molecule has 0 atom stereocenters. The van der Waals surface area contributed by atoms with Crippen molar-refractivity contribution in [3.05, 3.63) is 86.9 Å². The highest BCUT2D eigenvalue weighted by atomic mass is 35.5. The molecule has 0 heterocycles. The van der Waals surface area contributed by atoms with Gasteiger partial charge in [0.1, 0.15) is 5.57 Å². The van der Waals surface area contributed by atoms with Crippen LogP contribution >= 0.6 is 34.8 Å². The maximum Gasteiger partial charge on any atom is 0.261 e. The van der Waals surface area contributed by atoms with Crippen LogP contribution in [-0.4, -0.2) is 24.0 Å². The lowest BCUT2D eigenvalue weighted by Crippen LogP contribution is -2.25. The number of para-hydroxylation sites is 2. The molecule has 0 aliphatic carbocycles. The number of phenolic OH excluding ortho intramolecular Hbond substituents is 1. The van der Waals surface area contributed by atoms with E-state index in [1.54, 1.807) is 48.5 Å². The Labute approximate surface area is 199 Å². The van der Waals surface area contributed by atoms with Crippen molar-refractivity contribution in [1.29, 1.82) is 0 Å². The molecule has 3 rings (SSSR count). The number of nitrogens with one attached hydrogen (secondary N) is 2. The minimum absolute atomic E-state index is 0.00651. The zero-order chi connectivity index (χ0) is 23.3. The van der Waals surface area contributed by atoms with Gasteiger partial charge < -0.3 is 20.5 Å². The van der Waals surface area contributed by atoms with Gasteiger partial charge >= 0.3 is 0 Å². The third-order valence-electron chi connectivity index (χ3n) is 4.32. The topological polar surface area (TPSA) is 87.7 Å². The summed E-state index contributed by atoms with van der Waals surface area (Å²) in [5.41, 5.74) is 0.755. The van der Waals surface area contributed by atoms with Gasteiger partial charge in [-0.1, -0.05) is 59.1 Å². The molecule has 0 spiro atoms. The monoisotopic (exact) mass is 490 g/mol. The Morgan fingerprint density at radius 1 is 0.844 bits per heavy atom. The van der Waals surface area contributed by atoms with Crippen LogP contribution < -0.4 is 15.4 Å². The van der Waals surface area contributed by atoms with Gasteiger partial charge in [-0.2, -0.15) is 0 Å². The predicted octanol–water partition coefficient (Wildman–Crippen LogP) is 6.02. The Bertz CT molecular complexity index is 1150. The first-order chi connectivity index (χ1) is 15.3. The molecular formula is C23H17Cl3N2O4. The van der Waals surface area contributed by atoms with Crippen LogP contribution in [0.3, 0.4) is 0 Å². The van der Waals surface area contributed by atoms with E-state index in [2.05, 4.69) is 10.6 Å². The molecule has 0 radical (unpaired) electrons. The van der Waals surface area contributed by atoms with Crippen molar-refractivity contribution in [1.82, 2.24) is 0 Å². The van der Waals surface area contributed by atoms with E-state index >= 15 is 0 Å². The minimum atomic E-state index is -0.717. The van der Waals surface area contributed by atoms with Gasteiger partial charge in [-0.15, -0.1) is 0 Å². The Hall–Kier alpha value is -3.19. The van der Waals surface area contributed by atoms with Crippen molar-refractivity contribution in [3.8, 4) is 11.5 Å². The highest BCUT2D eigenvalue weighted by molar-refractivity contribution is 6.37. The molecule has 9 heteroatoms. The highest BCUT2D eigenvalue weighted by Gasteiger charge is 2.21. The molecular weight excluding hydrogens is 475 g/mol. The van der Waals surface area contributed by atoms with Crippen molar-refractivity contribution in [2.75, 3.05) is 17.7 Å². The van der Waals surface area contributed by atoms with Crippen molar-refractivity contribution >= 4 is 64.1 Å². The molecule has 3 aromatic rings. The fourth-order valence-electron chi connectivity index (χ4n) is 2.74. The number of aromatic hydroxyl groups is 1. The van der Waals surface area contributed by atoms with E-state index < -0.39 is 11.8 Å². The minimum Gasteiger partial charge on any atom is -0.503 e. The molecule has 0 bridgehead atoms. The predicted molar refractivity (Wildman–Crippen MR) is 128 cm³/mol. The van der Waals surface area contributed by atoms with Gasteiger partial charge in [-0.3, -0.25) is 9.59 Å². The molecule has 164 valence electrons. The summed E-state index contributed by atoms with van der Waals surface area (Å²) < 4.78 is 5.09. The lowest BCUT2D eigenvalue weighted by Gasteiger charge is -2.13. The first-order valence-electron chi connectivity index (χ1n) is 9.20. The summed E-state index contributed by atoms with van der Waals surface area (Å²) in [7, 11) is 1.36. The first-order valence-corrected chi connectivity index (χ1v) is 10.3. The SMILES string of the molecule is COc1cc(C=C(C(=O)Nc2ccccc2Cl)C(=O)Nc2ccccc2Cl)cc(Cl)c1O. The third kappa shape index (κ3) is 5.53. The van der Waals surface area contributed by atoms with Crippen LogP contribution in [0.2, 0.25) is 15.1 Å². The average molecular weight is 492 g/mol. The Morgan fingerprint density at radius 2 is 1.34 bits per heavy atom. The van der Waals surface area contributed by atoms with Crippen molar-refractivity contribution in [2.45, 2.75) is 0 Å². The fourth-order valence-corrected chi connectivity index (χ4v) is 3.32. The molecule has 6 nitrogen and oxygen atoms in total. The molecule has 3 N–H and O–H groups in total. The van der Waals surface area contributed by atoms with Crippen molar-refractivity contribution in [2.24, 2.45) is 0 Å². The van der Waals surface area contributed by atoms with Crippen LogP contribution in [0, 0.1) is 0 Å². The van der Waals surface area contributed by atoms with Gasteiger partial charge in [-0.05, 0) is 48.0 Å². The largest absolute Gasteiger partial charge is 0.503 e. The van der Waals surface area contributed by atoms with Crippen molar-refractivity contribution in [3.63, 3.8) is 0 Å². The molecule has 0 saturated carbocycles. The molecule has 0 aliphatic rings. The number of methoxy groups -OCH3 is 1. The van der Waals surface area contributed by atoms with E-state index in [9.17, 15) is 14.7 Å². The zero-order valence-electron chi connectivity index (χ0n) is 16.7. The summed E-state index contributed by atoms with van der Waals surface area (Å²) in [6.07, 6.45) is 1.31. The number of amides is 2. The zero-order valence-corrected chi connectivity index (χ0v) is 18.9. The van der Waals surface area contributed by atoms with Crippen molar-refractivity contribution < 1.29 is 19.4 Å². The average Bonchev–Trinajstić information content (AvgIpc) is 2.77. The lowest BCUT2D eigenvalue weighted by atomic mass is 10.1. The second-order valence-electron chi connectivity index (χ2n) is 6.48. The lowest BCUT2D eigenvalue weighted by molar-refractivity contribution is -0.118. The van der Waals surface area contributed by atoms with E-state index in [1.807, 2.05) is 0 Å². The number of ether oxygens (including phenoxy) is 1. The molecule has 0 aromatic heterocycles. The van der Waals surface area contributed by atoms with Gasteiger partial charge in [0, 0.05) is 0 Å². The van der Waals surface area contributed by atoms with Crippen LogP contribution in [0.5, 0.6) is 11.5 Å². The molecule has 0 aliphatic heterocycles. The van der Waals surface area contributed by atoms with Crippen LogP contribution in [0.15, 0.2) is 66.2 Å². The Morgan fingerprint density at radius 3 is 1.81 bits per heavy atom. The molecule has 0 fully saturated rings. The number of carbonyl (C=O) groups is 2. The van der Waals surface area contributed by atoms with Gasteiger partial charge in [0.15, 0.2) is 11.5 Å². The smallest absolute Gasteiger partial charge is 0.261 e. The van der Waals surface area contributed by atoms with E-state index in [4.69, 9.17) is 39.5 Å². The van der Waals surface area contributed by atoms with Gasteiger partial charge in [0.05, 0.1) is 33.6 Å². The standard InChI is InChI=1S/C23H17Cl3N2O4/c1-32-20-12-13(11-17(26)21(20)29)10-14(22(30)27-18-8-4-2-6-15(18)24)23(31)28-19-9-5-3-7-16(19)25/h2-12,29H,1H3,(H,27,30)(H,28,31). The van der Waals surface area contributed by atoms with Gasteiger partial charge in [-0.25, -0.2) is 0 Å². The van der Waals surface area contributed by atoms with E-state index in [0.29, 0.717) is 27.0 Å².